The van der Waals surface area contributed by atoms with Gasteiger partial charge >= 0.3 is 0 Å². The zero-order valence-corrected chi connectivity index (χ0v) is 8.84. The number of hydrogen-bond acceptors (Lipinski definition) is 4. The molecular formula is C8H11NOS2. The Balaban J connectivity index is 2.70. The van der Waals surface area contributed by atoms with Crippen molar-refractivity contribution in [2.24, 2.45) is 0 Å². The highest BCUT2D eigenvalue weighted by molar-refractivity contribution is 7.81. The Hall–Kier alpha value is -0.350. The summed E-state index contributed by atoms with van der Waals surface area (Å²) in [4.78, 5) is 16.4. The second kappa shape index (κ2) is 4.05. The Labute approximate surface area is 81.4 Å². The molecule has 4 heteroatoms. The van der Waals surface area contributed by atoms with E-state index in [1.165, 1.54) is 4.88 Å². The molecule has 2 nitrogen and oxygen atoms in total. The fraction of sp³-hybridized carbons (Fsp3) is 0.500. The summed E-state index contributed by atoms with van der Waals surface area (Å²) in [5.74, 6) is 0.435. The Morgan fingerprint density at radius 2 is 2.25 bits per heavy atom. The summed E-state index contributed by atoms with van der Waals surface area (Å²) in [6, 6.07) is 0. The molecule has 0 saturated carbocycles. The highest BCUT2D eigenvalue weighted by atomic mass is 32.1. The Kier molecular flexibility index (Phi) is 3.29. The van der Waals surface area contributed by atoms with E-state index in [4.69, 9.17) is 0 Å². The summed E-state index contributed by atoms with van der Waals surface area (Å²) in [5.41, 5.74) is 1.03. The molecule has 0 saturated heterocycles. The van der Waals surface area contributed by atoms with Crippen LogP contribution in [-0.4, -0.2) is 16.5 Å². The van der Waals surface area contributed by atoms with E-state index in [0.29, 0.717) is 12.2 Å². The van der Waals surface area contributed by atoms with Crippen molar-refractivity contribution >= 4 is 29.7 Å². The van der Waals surface area contributed by atoms with Crippen LogP contribution in [0.4, 0.5) is 0 Å². The van der Waals surface area contributed by atoms with Gasteiger partial charge in [0.2, 0.25) is 0 Å². The van der Waals surface area contributed by atoms with Gasteiger partial charge in [-0.1, -0.05) is 0 Å². The average Bonchev–Trinajstić information content (AvgIpc) is 2.31. The van der Waals surface area contributed by atoms with E-state index in [0.717, 1.165) is 10.7 Å². The third-order valence-corrected chi connectivity index (χ3v) is 3.02. The van der Waals surface area contributed by atoms with Crippen molar-refractivity contribution in [1.82, 2.24) is 4.98 Å². The second-order valence-corrected chi connectivity index (χ2v) is 4.23. The maximum Gasteiger partial charge on any atom is 0.149 e. The molecule has 1 aromatic rings. The first-order chi connectivity index (χ1) is 5.63. The molecule has 1 rings (SSSR count). The number of aryl methyl sites for hydroxylation is 2. The van der Waals surface area contributed by atoms with E-state index in [1.54, 1.807) is 11.3 Å². The van der Waals surface area contributed by atoms with E-state index >= 15 is 0 Å². The summed E-state index contributed by atoms with van der Waals surface area (Å²) < 4.78 is 0. The van der Waals surface area contributed by atoms with Gasteiger partial charge in [-0.25, -0.2) is 4.98 Å². The lowest BCUT2D eigenvalue weighted by Gasteiger charge is -1.89. The van der Waals surface area contributed by atoms with Crippen LogP contribution in [0.5, 0.6) is 0 Å². The number of carbonyl (C=O) groups is 1. The van der Waals surface area contributed by atoms with Crippen LogP contribution in [0, 0.1) is 13.8 Å². The zero-order chi connectivity index (χ0) is 9.14. The molecule has 0 bridgehead atoms. The first kappa shape index (κ1) is 9.74. The number of nitrogens with zero attached hydrogens (tertiary/aromatic N) is 1. The molecule has 0 amide bonds. The van der Waals surface area contributed by atoms with E-state index < -0.39 is 0 Å². The van der Waals surface area contributed by atoms with Crippen molar-refractivity contribution in [1.29, 1.82) is 0 Å². The smallest absolute Gasteiger partial charge is 0.149 e. The normalized spacial score (nSPS) is 10.2. The molecule has 66 valence electrons. The van der Waals surface area contributed by atoms with Crippen molar-refractivity contribution in [2.75, 3.05) is 5.75 Å². The Morgan fingerprint density at radius 1 is 1.58 bits per heavy atom. The SMILES string of the molecule is Cc1nc(CC(=O)CS)sc1C. The van der Waals surface area contributed by atoms with Crippen LogP contribution < -0.4 is 0 Å². The minimum absolute atomic E-state index is 0.132. The molecule has 0 fully saturated rings. The van der Waals surface area contributed by atoms with Crippen LogP contribution in [0.2, 0.25) is 0 Å². The van der Waals surface area contributed by atoms with Gasteiger partial charge in [0, 0.05) is 10.6 Å². The lowest BCUT2D eigenvalue weighted by atomic mass is 10.3. The first-order valence-corrected chi connectivity index (χ1v) is 5.14. The summed E-state index contributed by atoms with van der Waals surface area (Å²) in [5, 5.41) is 0.907. The van der Waals surface area contributed by atoms with Crippen LogP contribution in [-0.2, 0) is 11.2 Å². The molecule has 0 spiro atoms. The lowest BCUT2D eigenvalue weighted by molar-refractivity contribution is -0.115. The molecule has 12 heavy (non-hydrogen) atoms. The molecule has 0 aliphatic carbocycles. The summed E-state index contributed by atoms with van der Waals surface area (Å²) in [7, 11) is 0. The molecule has 0 radical (unpaired) electrons. The van der Waals surface area contributed by atoms with E-state index in [1.807, 2.05) is 13.8 Å². The van der Waals surface area contributed by atoms with Crippen LogP contribution >= 0.6 is 24.0 Å². The van der Waals surface area contributed by atoms with Gasteiger partial charge in [-0.2, -0.15) is 12.6 Å². The highest BCUT2D eigenvalue weighted by Gasteiger charge is 2.07. The maximum absolute atomic E-state index is 11.0. The summed E-state index contributed by atoms with van der Waals surface area (Å²) in [6.45, 7) is 3.97. The molecule has 0 N–H and O–H groups in total. The average molecular weight is 201 g/mol. The number of ketones is 1. The fourth-order valence-corrected chi connectivity index (χ4v) is 1.91. The van der Waals surface area contributed by atoms with Gasteiger partial charge in [-0.05, 0) is 13.8 Å². The minimum Gasteiger partial charge on any atom is -0.298 e. The Morgan fingerprint density at radius 3 is 2.67 bits per heavy atom. The van der Waals surface area contributed by atoms with Crippen molar-refractivity contribution < 1.29 is 4.79 Å². The highest BCUT2D eigenvalue weighted by Crippen LogP contribution is 2.16. The zero-order valence-electron chi connectivity index (χ0n) is 7.13. The van der Waals surface area contributed by atoms with Crippen LogP contribution in [0.3, 0.4) is 0 Å². The maximum atomic E-state index is 11.0. The Bertz CT molecular complexity index is 274. The molecule has 0 aliphatic rings. The van der Waals surface area contributed by atoms with Gasteiger partial charge in [0.25, 0.3) is 0 Å². The largest absolute Gasteiger partial charge is 0.298 e. The number of carbonyl (C=O) groups excluding carboxylic acids is 1. The molecule has 1 aromatic heterocycles. The van der Waals surface area contributed by atoms with Crippen LogP contribution in [0.15, 0.2) is 0 Å². The van der Waals surface area contributed by atoms with Gasteiger partial charge in [-0.15, -0.1) is 11.3 Å². The standard InChI is InChI=1S/C8H11NOS2/c1-5-6(2)12-8(9-5)3-7(10)4-11/h11H,3-4H2,1-2H3. The number of thiazole rings is 1. The predicted molar refractivity (Wildman–Crippen MR) is 54.2 cm³/mol. The van der Waals surface area contributed by atoms with Crippen molar-refractivity contribution in [3.63, 3.8) is 0 Å². The van der Waals surface area contributed by atoms with Gasteiger partial charge in [0.05, 0.1) is 12.1 Å². The molecule has 1 heterocycles. The topological polar surface area (TPSA) is 30.0 Å². The summed E-state index contributed by atoms with van der Waals surface area (Å²) >= 11 is 5.50. The third-order valence-electron chi connectivity index (χ3n) is 1.60. The van der Waals surface area contributed by atoms with Crippen molar-refractivity contribution in [3.8, 4) is 0 Å². The van der Waals surface area contributed by atoms with Crippen LogP contribution in [0.1, 0.15) is 15.6 Å². The molecule has 0 unspecified atom stereocenters. The molecule has 0 aliphatic heterocycles. The number of thiol groups is 1. The van der Waals surface area contributed by atoms with Crippen molar-refractivity contribution in [3.05, 3.63) is 15.6 Å². The quantitative estimate of drug-likeness (QED) is 0.756. The van der Waals surface area contributed by atoms with E-state index in [9.17, 15) is 4.79 Å². The van der Waals surface area contributed by atoms with Crippen LogP contribution in [0.25, 0.3) is 0 Å². The number of Topliss-reactive ketones (excluding diaryl/α,β-unsaturated/α-hetero) is 1. The number of hydrogen-bond donors (Lipinski definition) is 1. The fourth-order valence-electron chi connectivity index (χ4n) is 0.839. The minimum atomic E-state index is 0.132. The van der Waals surface area contributed by atoms with Gasteiger partial charge in [-0.3, -0.25) is 4.79 Å². The van der Waals surface area contributed by atoms with E-state index in [-0.39, 0.29) is 5.78 Å². The molecular weight excluding hydrogens is 190 g/mol. The monoisotopic (exact) mass is 201 g/mol. The van der Waals surface area contributed by atoms with Gasteiger partial charge in [0.1, 0.15) is 10.8 Å². The lowest BCUT2D eigenvalue weighted by Crippen LogP contribution is -2.03. The van der Waals surface area contributed by atoms with Gasteiger partial charge in [0.15, 0.2) is 0 Å². The van der Waals surface area contributed by atoms with Crippen molar-refractivity contribution in [2.45, 2.75) is 20.3 Å². The molecule has 0 atom stereocenters. The number of aromatic nitrogens is 1. The molecule has 0 aromatic carbocycles. The third kappa shape index (κ3) is 2.32. The number of rotatable bonds is 3. The first-order valence-electron chi connectivity index (χ1n) is 3.69. The second-order valence-electron chi connectivity index (χ2n) is 2.62. The summed E-state index contributed by atoms with van der Waals surface area (Å²) in [6.07, 6.45) is 0.433. The predicted octanol–water partition coefficient (Wildman–Crippen LogP) is 1.80. The van der Waals surface area contributed by atoms with E-state index in [2.05, 4.69) is 17.6 Å². The van der Waals surface area contributed by atoms with Gasteiger partial charge < -0.3 is 0 Å².